The van der Waals surface area contributed by atoms with Crippen molar-refractivity contribution < 1.29 is 19.4 Å². The Morgan fingerprint density at radius 1 is 1.53 bits per heavy atom. The fourth-order valence-electron chi connectivity index (χ4n) is 1.66. The number of esters is 1. The molecule has 0 bridgehead atoms. The van der Waals surface area contributed by atoms with E-state index in [0.717, 1.165) is 6.42 Å². The van der Waals surface area contributed by atoms with Gasteiger partial charge in [0.05, 0.1) is 25.7 Å². The van der Waals surface area contributed by atoms with Crippen molar-refractivity contribution in [1.29, 1.82) is 0 Å². The fraction of sp³-hybridized carbons (Fsp3) is 0.769. The van der Waals surface area contributed by atoms with E-state index >= 15 is 0 Å². The molecule has 4 heteroatoms. The molecule has 0 aliphatic carbocycles. The Hall–Kier alpha value is -0.870. The first-order valence-electron chi connectivity index (χ1n) is 6.03. The van der Waals surface area contributed by atoms with Gasteiger partial charge in [-0.3, -0.25) is 4.79 Å². The first-order valence-corrected chi connectivity index (χ1v) is 6.03. The van der Waals surface area contributed by atoms with Gasteiger partial charge in [0.2, 0.25) is 0 Å². The molecular weight excluding hydrogens is 220 g/mol. The van der Waals surface area contributed by atoms with Gasteiger partial charge in [-0.25, -0.2) is 0 Å². The summed E-state index contributed by atoms with van der Waals surface area (Å²) >= 11 is 0. The predicted molar refractivity (Wildman–Crippen MR) is 64.5 cm³/mol. The van der Waals surface area contributed by atoms with E-state index in [1.54, 1.807) is 0 Å². The van der Waals surface area contributed by atoms with Gasteiger partial charge in [0, 0.05) is 5.92 Å². The molecular formula is C13H22O4. The highest BCUT2D eigenvalue weighted by Gasteiger charge is 2.24. The Morgan fingerprint density at radius 2 is 2.24 bits per heavy atom. The van der Waals surface area contributed by atoms with Gasteiger partial charge in [-0.15, -0.1) is 0 Å². The van der Waals surface area contributed by atoms with Crippen LogP contribution in [0.15, 0.2) is 12.2 Å². The van der Waals surface area contributed by atoms with E-state index in [2.05, 4.69) is 0 Å². The van der Waals surface area contributed by atoms with Crippen LogP contribution >= 0.6 is 0 Å². The zero-order valence-electron chi connectivity index (χ0n) is 10.8. The maximum atomic E-state index is 11.7. The van der Waals surface area contributed by atoms with Gasteiger partial charge in [-0.05, 0) is 27.2 Å². The Labute approximate surface area is 103 Å². The van der Waals surface area contributed by atoms with Gasteiger partial charge in [0.1, 0.15) is 5.60 Å². The number of carbonyl (C=O) groups excluding carboxylic acids is 1. The molecule has 0 saturated carbocycles. The second-order valence-corrected chi connectivity index (χ2v) is 5.31. The molecule has 0 amide bonds. The summed E-state index contributed by atoms with van der Waals surface area (Å²) in [5.74, 6) is -0.503. The Kier molecular flexibility index (Phi) is 5.15. The first-order chi connectivity index (χ1) is 7.88. The number of hydrogen-bond donors (Lipinski definition) is 1. The van der Waals surface area contributed by atoms with Gasteiger partial charge in [-0.1, -0.05) is 12.2 Å². The summed E-state index contributed by atoms with van der Waals surface area (Å²) in [7, 11) is 0. The van der Waals surface area contributed by atoms with Gasteiger partial charge in [-0.2, -0.15) is 0 Å². The van der Waals surface area contributed by atoms with Crippen LogP contribution in [-0.2, 0) is 14.3 Å². The van der Waals surface area contributed by atoms with E-state index in [9.17, 15) is 9.90 Å². The van der Waals surface area contributed by atoms with Crippen molar-refractivity contribution in [2.24, 2.45) is 5.92 Å². The number of hydrogen-bond acceptors (Lipinski definition) is 4. The van der Waals surface area contributed by atoms with E-state index in [-0.39, 0.29) is 24.9 Å². The van der Waals surface area contributed by atoms with Crippen molar-refractivity contribution in [1.82, 2.24) is 0 Å². The zero-order valence-corrected chi connectivity index (χ0v) is 10.8. The summed E-state index contributed by atoms with van der Waals surface area (Å²) in [6.45, 7) is 6.39. The Balaban J connectivity index is 2.52. The van der Waals surface area contributed by atoms with Gasteiger partial charge in [0.15, 0.2) is 0 Å². The molecule has 1 rings (SSSR count). The molecule has 1 aliphatic heterocycles. The second kappa shape index (κ2) is 6.17. The van der Waals surface area contributed by atoms with E-state index in [1.165, 1.54) is 0 Å². The first kappa shape index (κ1) is 14.2. The topological polar surface area (TPSA) is 55.8 Å². The van der Waals surface area contributed by atoms with Crippen molar-refractivity contribution >= 4 is 5.97 Å². The number of ether oxygens (including phenoxy) is 2. The third kappa shape index (κ3) is 5.84. The normalized spacial score (nSPS) is 26.1. The lowest BCUT2D eigenvalue weighted by atomic mass is 9.97. The lowest BCUT2D eigenvalue weighted by Crippen LogP contribution is -2.31. The van der Waals surface area contributed by atoms with Crippen LogP contribution in [0.2, 0.25) is 0 Å². The van der Waals surface area contributed by atoms with Crippen LogP contribution in [0.1, 0.15) is 33.6 Å². The molecule has 0 aromatic rings. The quantitative estimate of drug-likeness (QED) is 0.591. The van der Waals surface area contributed by atoms with Crippen LogP contribution in [-0.4, -0.2) is 36.0 Å². The van der Waals surface area contributed by atoms with Crippen LogP contribution < -0.4 is 0 Å². The third-order valence-electron chi connectivity index (χ3n) is 2.42. The SMILES string of the molecule is CC(C)(C)OC(=O)CC1C=CCCOCC1O. The fourth-order valence-corrected chi connectivity index (χ4v) is 1.66. The molecule has 17 heavy (non-hydrogen) atoms. The highest BCUT2D eigenvalue weighted by Crippen LogP contribution is 2.18. The zero-order chi connectivity index (χ0) is 12.9. The van der Waals surface area contributed by atoms with Crippen molar-refractivity contribution in [2.75, 3.05) is 13.2 Å². The van der Waals surface area contributed by atoms with Crippen molar-refractivity contribution in [2.45, 2.75) is 45.3 Å². The summed E-state index contributed by atoms with van der Waals surface area (Å²) in [5, 5.41) is 9.84. The molecule has 4 nitrogen and oxygen atoms in total. The van der Waals surface area contributed by atoms with Gasteiger partial charge >= 0.3 is 5.97 Å². The van der Waals surface area contributed by atoms with Crippen molar-refractivity contribution in [3.05, 3.63) is 12.2 Å². The van der Waals surface area contributed by atoms with Gasteiger partial charge in [0.25, 0.3) is 0 Å². The molecule has 2 atom stereocenters. The molecule has 0 radical (unpaired) electrons. The average molecular weight is 242 g/mol. The summed E-state index contributed by atoms with van der Waals surface area (Å²) < 4.78 is 10.5. The molecule has 0 spiro atoms. The van der Waals surface area contributed by atoms with Crippen LogP contribution in [0.3, 0.4) is 0 Å². The minimum Gasteiger partial charge on any atom is -0.460 e. The number of aliphatic hydroxyl groups is 1. The van der Waals surface area contributed by atoms with Crippen LogP contribution in [0.5, 0.6) is 0 Å². The summed E-state index contributed by atoms with van der Waals surface area (Å²) in [6, 6.07) is 0. The predicted octanol–water partition coefficient (Wildman–Crippen LogP) is 1.67. The molecule has 0 saturated heterocycles. The maximum absolute atomic E-state index is 11.7. The largest absolute Gasteiger partial charge is 0.460 e. The standard InChI is InChI=1S/C13H22O4/c1-13(2,3)17-12(15)8-10-6-4-5-7-16-9-11(10)14/h4,6,10-11,14H,5,7-9H2,1-3H3. The van der Waals surface area contributed by atoms with E-state index in [0.29, 0.717) is 6.61 Å². The van der Waals surface area contributed by atoms with Crippen molar-refractivity contribution in [3.63, 3.8) is 0 Å². The van der Waals surface area contributed by atoms with E-state index in [1.807, 2.05) is 32.9 Å². The van der Waals surface area contributed by atoms with Gasteiger partial charge < -0.3 is 14.6 Å². The minimum atomic E-state index is -0.640. The smallest absolute Gasteiger partial charge is 0.307 e. The average Bonchev–Trinajstić information content (AvgIpc) is 2.15. The second-order valence-electron chi connectivity index (χ2n) is 5.31. The van der Waals surface area contributed by atoms with E-state index in [4.69, 9.17) is 9.47 Å². The summed E-state index contributed by atoms with van der Waals surface area (Å²) in [4.78, 5) is 11.7. The number of carbonyl (C=O) groups is 1. The Bertz CT molecular complexity index is 278. The number of rotatable bonds is 2. The molecule has 98 valence electrons. The highest BCUT2D eigenvalue weighted by molar-refractivity contribution is 5.70. The molecule has 1 N–H and O–H groups in total. The highest BCUT2D eigenvalue weighted by atomic mass is 16.6. The number of aliphatic hydroxyl groups excluding tert-OH is 1. The van der Waals surface area contributed by atoms with Crippen LogP contribution in [0.25, 0.3) is 0 Å². The lowest BCUT2D eigenvalue weighted by molar-refractivity contribution is -0.156. The molecule has 0 fully saturated rings. The minimum absolute atomic E-state index is 0.193. The molecule has 1 heterocycles. The van der Waals surface area contributed by atoms with Crippen LogP contribution in [0.4, 0.5) is 0 Å². The third-order valence-corrected chi connectivity index (χ3v) is 2.42. The Morgan fingerprint density at radius 3 is 2.88 bits per heavy atom. The molecule has 2 unspecified atom stereocenters. The summed E-state index contributed by atoms with van der Waals surface area (Å²) in [6.07, 6.45) is 4.20. The molecule has 0 aromatic carbocycles. The van der Waals surface area contributed by atoms with Crippen molar-refractivity contribution in [3.8, 4) is 0 Å². The monoisotopic (exact) mass is 242 g/mol. The lowest BCUT2D eigenvalue weighted by Gasteiger charge is -2.24. The summed E-state index contributed by atoms with van der Waals surface area (Å²) in [5.41, 5.74) is -0.482. The molecule has 0 aromatic heterocycles. The maximum Gasteiger partial charge on any atom is 0.307 e. The molecule has 1 aliphatic rings. The van der Waals surface area contributed by atoms with Crippen LogP contribution in [0, 0.1) is 5.92 Å². The van der Waals surface area contributed by atoms with E-state index < -0.39 is 11.7 Å².